The van der Waals surface area contributed by atoms with E-state index in [1.54, 1.807) is 6.20 Å². The molecule has 2 atom stereocenters. The van der Waals surface area contributed by atoms with Crippen LogP contribution in [0.25, 0.3) is 10.9 Å². The van der Waals surface area contributed by atoms with Gasteiger partial charge in [0.15, 0.2) is 0 Å². The maximum atomic E-state index is 10.5. The summed E-state index contributed by atoms with van der Waals surface area (Å²) in [7, 11) is 0. The molecule has 1 fully saturated rings. The fraction of sp³-hybridized carbons (Fsp3) is 0.400. The average molecular weight is 404 g/mol. The highest BCUT2D eigenvalue weighted by Crippen LogP contribution is 2.27. The first-order chi connectivity index (χ1) is 8.86. The average Bonchev–Trinajstić information content (AvgIpc) is 2.47. The van der Waals surface area contributed by atoms with Gasteiger partial charge in [0.05, 0.1) is 11.6 Å². The van der Waals surface area contributed by atoms with Crippen LogP contribution in [0.1, 0.15) is 30.9 Å². The predicted molar refractivity (Wildman–Crippen MR) is 93.0 cm³/mol. The number of hydrogen-bond acceptors (Lipinski definition) is 3. The van der Waals surface area contributed by atoms with E-state index in [0.29, 0.717) is 0 Å². The van der Waals surface area contributed by atoms with E-state index in [4.69, 9.17) is 0 Å². The van der Waals surface area contributed by atoms with Crippen molar-refractivity contribution in [2.24, 2.45) is 0 Å². The molecule has 0 aliphatic carbocycles. The van der Waals surface area contributed by atoms with Crippen LogP contribution in [0.15, 0.2) is 36.5 Å². The molecular formula is C15H20Br2N2O. The van der Waals surface area contributed by atoms with E-state index in [9.17, 15) is 5.11 Å². The van der Waals surface area contributed by atoms with Crippen molar-refractivity contribution < 1.29 is 5.11 Å². The van der Waals surface area contributed by atoms with Crippen molar-refractivity contribution in [1.82, 2.24) is 10.3 Å². The molecule has 2 aromatic rings. The fourth-order valence-electron chi connectivity index (χ4n) is 2.73. The number of piperidine rings is 1. The highest BCUT2D eigenvalue weighted by atomic mass is 79.9. The second-order valence-electron chi connectivity index (χ2n) is 4.92. The van der Waals surface area contributed by atoms with E-state index < -0.39 is 6.10 Å². The minimum atomic E-state index is -0.469. The van der Waals surface area contributed by atoms with Gasteiger partial charge in [-0.05, 0) is 25.5 Å². The Labute approximate surface area is 140 Å². The first-order valence-electron chi connectivity index (χ1n) is 6.61. The van der Waals surface area contributed by atoms with E-state index in [-0.39, 0.29) is 40.0 Å². The lowest BCUT2D eigenvalue weighted by atomic mass is 9.93. The molecule has 1 aliphatic rings. The Bertz CT molecular complexity index is 539. The van der Waals surface area contributed by atoms with Gasteiger partial charge in [-0.3, -0.25) is 4.98 Å². The lowest BCUT2D eigenvalue weighted by Gasteiger charge is -2.28. The summed E-state index contributed by atoms with van der Waals surface area (Å²) in [6, 6.07) is 10.1. The Morgan fingerprint density at radius 1 is 1.15 bits per heavy atom. The summed E-state index contributed by atoms with van der Waals surface area (Å²) in [6.45, 7) is 1.000. The van der Waals surface area contributed by atoms with Crippen molar-refractivity contribution in [3.8, 4) is 0 Å². The zero-order valence-corrected chi connectivity index (χ0v) is 14.6. The first-order valence-corrected chi connectivity index (χ1v) is 6.61. The number of rotatable bonds is 2. The highest BCUT2D eigenvalue weighted by Gasteiger charge is 2.24. The van der Waals surface area contributed by atoms with E-state index in [2.05, 4.69) is 10.3 Å². The Morgan fingerprint density at radius 3 is 2.70 bits per heavy atom. The lowest BCUT2D eigenvalue weighted by Crippen LogP contribution is -2.38. The quantitative estimate of drug-likeness (QED) is 0.805. The van der Waals surface area contributed by atoms with Crippen molar-refractivity contribution in [2.75, 3.05) is 6.54 Å². The van der Waals surface area contributed by atoms with Crippen molar-refractivity contribution in [3.63, 3.8) is 0 Å². The van der Waals surface area contributed by atoms with Gasteiger partial charge in [-0.2, -0.15) is 0 Å². The van der Waals surface area contributed by atoms with Crippen LogP contribution in [0, 0.1) is 0 Å². The van der Waals surface area contributed by atoms with Crippen molar-refractivity contribution >= 4 is 44.9 Å². The molecule has 1 aromatic heterocycles. The van der Waals surface area contributed by atoms with Crippen LogP contribution in [0.2, 0.25) is 0 Å². The third-order valence-corrected chi connectivity index (χ3v) is 3.71. The molecule has 2 heterocycles. The van der Waals surface area contributed by atoms with Crippen LogP contribution in [-0.4, -0.2) is 22.7 Å². The van der Waals surface area contributed by atoms with Gasteiger partial charge in [0, 0.05) is 23.2 Å². The molecule has 1 saturated heterocycles. The zero-order valence-electron chi connectivity index (χ0n) is 11.2. The Kier molecular flexibility index (Phi) is 7.09. The summed E-state index contributed by atoms with van der Waals surface area (Å²) in [4.78, 5) is 4.41. The maximum absolute atomic E-state index is 10.5. The number of aliphatic hydroxyl groups excluding tert-OH is 1. The van der Waals surface area contributed by atoms with Gasteiger partial charge >= 0.3 is 0 Å². The predicted octanol–water partition coefficient (Wildman–Crippen LogP) is 3.57. The topological polar surface area (TPSA) is 45.2 Å². The van der Waals surface area contributed by atoms with Crippen LogP contribution in [0.5, 0.6) is 0 Å². The van der Waals surface area contributed by atoms with Crippen LogP contribution >= 0.6 is 34.0 Å². The van der Waals surface area contributed by atoms with Gasteiger partial charge in [0.2, 0.25) is 0 Å². The minimum absolute atomic E-state index is 0. The molecule has 0 amide bonds. The number of nitrogens with one attached hydrogen (secondary N) is 1. The normalized spacial score (nSPS) is 19.8. The molecule has 0 spiro atoms. The summed E-state index contributed by atoms with van der Waals surface area (Å²) in [5, 5.41) is 15.0. The van der Waals surface area contributed by atoms with Crippen LogP contribution < -0.4 is 5.32 Å². The molecule has 5 heteroatoms. The summed E-state index contributed by atoms with van der Waals surface area (Å²) in [5.41, 5.74) is 1.85. The second kappa shape index (κ2) is 8.08. The zero-order chi connectivity index (χ0) is 12.4. The van der Waals surface area contributed by atoms with Gasteiger partial charge in [0.1, 0.15) is 0 Å². The van der Waals surface area contributed by atoms with Crippen molar-refractivity contribution in [3.05, 3.63) is 42.1 Å². The van der Waals surface area contributed by atoms with Crippen LogP contribution in [0.4, 0.5) is 0 Å². The highest BCUT2D eigenvalue weighted by molar-refractivity contribution is 8.93. The Morgan fingerprint density at radius 2 is 1.95 bits per heavy atom. The Hall–Kier alpha value is -0.490. The smallest absolute Gasteiger partial charge is 0.0963 e. The van der Waals surface area contributed by atoms with Gasteiger partial charge in [-0.25, -0.2) is 0 Å². The van der Waals surface area contributed by atoms with Gasteiger partial charge in [0.25, 0.3) is 0 Å². The van der Waals surface area contributed by atoms with Gasteiger partial charge in [-0.1, -0.05) is 30.7 Å². The second-order valence-corrected chi connectivity index (χ2v) is 4.92. The molecule has 2 N–H and O–H groups in total. The summed E-state index contributed by atoms with van der Waals surface area (Å²) < 4.78 is 0. The van der Waals surface area contributed by atoms with Crippen molar-refractivity contribution in [1.29, 1.82) is 0 Å². The number of fused-ring (bicyclic) bond motifs is 1. The lowest BCUT2D eigenvalue weighted by molar-refractivity contribution is 0.115. The number of nitrogens with zero attached hydrogens (tertiary/aromatic N) is 1. The van der Waals surface area contributed by atoms with E-state index >= 15 is 0 Å². The molecule has 0 bridgehead atoms. The van der Waals surface area contributed by atoms with E-state index in [1.807, 2.05) is 30.3 Å². The third kappa shape index (κ3) is 3.58. The minimum Gasteiger partial charge on any atom is -0.387 e. The Balaban J connectivity index is 0.000001000. The standard InChI is InChI=1S/C15H18N2O.2BrH/c18-15(13-8-1-2-9-16-13)12-7-3-5-11-6-4-10-17-14(11)12;;/h3-7,10,13,15-16,18H,1-2,8-9H2;2*1H. The largest absolute Gasteiger partial charge is 0.387 e. The number of halogens is 2. The number of pyridine rings is 1. The third-order valence-electron chi connectivity index (χ3n) is 3.71. The number of hydrogen-bond donors (Lipinski definition) is 2. The summed E-state index contributed by atoms with van der Waals surface area (Å²) >= 11 is 0. The number of aromatic nitrogens is 1. The molecule has 1 aromatic carbocycles. The van der Waals surface area contributed by atoms with E-state index in [0.717, 1.165) is 29.4 Å². The SMILES string of the molecule is Br.Br.OC(c1cccc2cccnc12)C1CCCCN1. The molecule has 3 nitrogen and oxygen atoms in total. The fourth-order valence-corrected chi connectivity index (χ4v) is 2.73. The molecular weight excluding hydrogens is 384 g/mol. The number of para-hydroxylation sites is 1. The van der Waals surface area contributed by atoms with Crippen LogP contribution in [0.3, 0.4) is 0 Å². The number of benzene rings is 1. The summed E-state index contributed by atoms with van der Waals surface area (Å²) in [5.74, 6) is 0. The molecule has 110 valence electrons. The van der Waals surface area contributed by atoms with E-state index in [1.165, 1.54) is 12.8 Å². The maximum Gasteiger partial charge on any atom is 0.0963 e. The molecule has 2 unspecified atom stereocenters. The van der Waals surface area contributed by atoms with Crippen molar-refractivity contribution in [2.45, 2.75) is 31.4 Å². The number of aliphatic hydroxyl groups is 1. The molecule has 1 aliphatic heterocycles. The van der Waals surface area contributed by atoms with Crippen LogP contribution in [-0.2, 0) is 0 Å². The molecule has 20 heavy (non-hydrogen) atoms. The monoisotopic (exact) mass is 402 g/mol. The first kappa shape index (κ1) is 17.6. The summed E-state index contributed by atoms with van der Waals surface area (Å²) in [6.07, 6.45) is 4.74. The van der Waals surface area contributed by atoms with Gasteiger partial charge < -0.3 is 10.4 Å². The van der Waals surface area contributed by atoms with Gasteiger partial charge in [-0.15, -0.1) is 34.0 Å². The molecule has 3 rings (SSSR count). The molecule has 0 radical (unpaired) electrons. The molecule has 0 saturated carbocycles.